The average Bonchev–Trinajstić information content (AvgIpc) is 2.92. The number of hydrogen-bond donors (Lipinski definition) is 1. The van der Waals surface area contributed by atoms with Crippen LogP contribution >= 0.6 is 0 Å². The molecule has 0 saturated heterocycles. The molecule has 0 fully saturated rings. The van der Waals surface area contributed by atoms with Crippen molar-refractivity contribution in [2.24, 2.45) is 0 Å². The summed E-state index contributed by atoms with van der Waals surface area (Å²) in [5.41, 5.74) is 4.60. The van der Waals surface area contributed by atoms with Crippen molar-refractivity contribution in [2.75, 3.05) is 5.32 Å². The number of nitrogens with one attached hydrogen (secondary N) is 1. The number of benzene rings is 2. The number of anilines is 1. The van der Waals surface area contributed by atoms with E-state index in [-0.39, 0.29) is 5.41 Å². The molecule has 0 amide bonds. The lowest BCUT2D eigenvalue weighted by atomic mass is 9.87. The maximum absolute atomic E-state index is 6.09. The number of para-hydroxylation sites is 1. The van der Waals surface area contributed by atoms with Crippen LogP contribution < -0.4 is 9.88 Å². The topological polar surface area (TPSA) is 29.1 Å². The Morgan fingerprint density at radius 2 is 1.84 bits per heavy atom. The highest BCUT2D eigenvalue weighted by Gasteiger charge is 2.23. The van der Waals surface area contributed by atoms with Gasteiger partial charge in [-0.1, -0.05) is 52.0 Å². The smallest absolute Gasteiger partial charge is 0.375 e. The molecule has 0 aliphatic carbocycles. The lowest BCUT2D eigenvalue weighted by molar-refractivity contribution is -0.678. The Morgan fingerprint density at radius 1 is 1.08 bits per heavy atom. The molecule has 0 atom stereocenters. The Balaban J connectivity index is 1.95. The highest BCUT2D eigenvalue weighted by molar-refractivity contribution is 5.71. The van der Waals surface area contributed by atoms with Crippen LogP contribution in [0.5, 0.6) is 0 Å². The van der Waals surface area contributed by atoms with Crippen LogP contribution in [0.3, 0.4) is 0 Å². The van der Waals surface area contributed by atoms with Gasteiger partial charge in [-0.3, -0.25) is 0 Å². The lowest BCUT2D eigenvalue weighted by Crippen LogP contribution is -2.35. The number of oxazole rings is 1. The highest BCUT2D eigenvalue weighted by atomic mass is 16.3. The van der Waals surface area contributed by atoms with Gasteiger partial charge in [-0.2, -0.15) is 4.57 Å². The van der Waals surface area contributed by atoms with Crippen LogP contribution in [0.4, 0.5) is 5.69 Å². The number of hydrogen-bond acceptors (Lipinski definition) is 2. The van der Waals surface area contributed by atoms with Crippen LogP contribution in [0.1, 0.15) is 45.6 Å². The first-order valence-corrected chi connectivity index (χ1v) is 8.94. The van der Waals surface area contributed by atoms with E-state index in [9.17, 15) is 0 Å². The van der Waals surface area contributed by atoms with E-state index in [1.54, 1.807) is 0 Å². The van der Waals surface area contributed by atoms with Gasteiger partial charge in [0.25, 0.3) is 5.52 Å². The van der Waals surface area contributed by atoms with Crippen molar-refractivity contribution >= 4 is 22.9 Å². The molecule has 3 nitrogen and oxygen atoms in total. The number of rotatable bonds is 5. The Kier molecular flexibility index (Phi) is 4.93. The van der Waals surface area contributed by atoms with Gasteiger partial charge in [0.2, 0.25) is 5.58 Å². The van der Waals surface area contributed by atoms with Crippen molar-refractivity contribution in [1.29, 1.82) is 0 Å². The molecule has 0 aliphatic heterocycles. The summed E-state index contributed by atoms with van der Waals surface area (Å²) < 4.78 is 8.35. The van der Waals surface area contributed by atoms with Crippen LogP contribution in [0.2, 0.25) is 0 Å². The van der Waals surface area contributed by atoms with Gasteiger partial charge in [0.1, 0.15) is 0 Å². The normalized spacial score (nSPS) is 12.2. The van der Waals surface area contributed by atoms with Crippen LogP contribution in [-0.2, 0) is 12.0 Å². The third-order valence-corrected chi connectivity index (χ3v) is 4.29. The predicted molar refractivity (Wildman–Crippen MR) is 104 cm³/mol. The van der Waals surface area contributed by atoms with Gasteiger partial charge in [-0.05, 0) is 29.2 Å². The van der Waals surface area contributed by atoms with Gasteiger partial charge in [0, 0.05) is 24.4 Å². The fourth-order valence-electron chi connectivity index (χ4n) is 2.89. The van der Waals surface area contributed by atoms with Gasteiger partial charge in [-0.25, -0.2) is 0 Å². The second kappa shape index (κ2) is 7.14. The van der Waals surface area contributed by atoms with Crippen molar-refractivity contribution in [3.8, 4) is 0 Å². The van der Waals surface area contributed by atoms with E-state index < -0.39 is 0 Å². The fraction of sp³-hybridized carbons (Fsp3) is 0.318. The maximum atomic E-state index is 6.09. The van der Waals surface area contributed by atoms with Crippen molar-refractivity contribution in [3.63, 3.8) is 0 Å². The number of aromatic nitrogens is 1. The third-order valence-electron chi connectivity index (χ3n) is 4.29. The zero-order valence-corrected chi connectivity index (χ0v) is 15.5. The number of fused-ring (bicyclic) bond motifs is 1. The summed E-state index contributed by atoms with van der Waals surface area (Å²) in [6, 6.07) is 16.6. The summed E-state index contributed by atoms with van der Waals surface area (Å²) >= 11 is 0. The Hall–Kier alpha value is -2.55. The van der Waals surface area contributed by atoms with Gasteiger partial charge >= 0.3 is 5.89 Å². The van der Waals surface area contributed by atoms with E-state index in [1.165, 1.54) is 5.56 Å². The second-order valence-electron chi connectivity index (χ2n) is 7.37. The Bertz CT molecular complexity index is 870. The van der Waals surface area contributed by atoms with E-state index in [1.807, 2.05) is 42.6 Å². The zero-order valence-electron chi connectivity index (χ0n) is 15.5. The minimum absolute atomic E-state index is 0.125. The summed E-state index contributed by atoms with van der Waals surface area (Å²) in [4.78, 5) is 0. The molecule has 3 rings (SSSR count). The number of nitrogens with zero attached hydrogens (tertiary/aromatic N) is 1. The molecule has 0 aliphatic rings. The Morgan fingerprint density at radius 3 is 2.52 bits per heavy atom. The van der Waals surface area contributed by atoms with E-state index in [4.69, 9.17) is 4.42 Å². The minimum atomic E-state index is 0.125. The SMILES string of the molecule is CCC[n+]1c(/C=C/Nc2ccccc2)oc2ccc(C(C)(C)C)cc21. The standard InChI is InChI=1S/C22H26N2O/c1-5-15-24-19-16-17(22(2,3)4)11-12-20(19)25-21(24)13-14-23-18-9-7-6-8-10-18/h6-14,16H,5,15H2,1-4H3/p+1. The summed E-state index contributed by atoms with van der Waals surface area (Å²) in [5.74, 6) is 0.867. The van der Waals surface area contributed by atoms with Gasteiger partial charge in [-0.15, -0.1) is 0 Å². The van der Waals surface area contributed by atoms with Crippen molar-refractivity contribution in [1.82, 2.24) is 0 Å². The van der Waals surface area contributed by atoms with Crippen molar-refractivity contribution < 1.29 is 8.98 Å². The molecule has 2 aromatic carbocycles. The lowest BCUT2D eigenvalue weighted by Gasteiger charge is -2.17. The molecule has 0 bridgehead atoms. The molecule has 0 saturated carbocycles. The number of aryl methyl sites for hydroxylation is 1. The van der Waals surface area contributed by atoms with E-state index in [0.717, 1.165) is 35.6 Å². The monoisotopic (exact) mass is 335 g/mol. The Labute approximate surface area is 150 Å². The predicted octanol–water partition coefficient (Wildman–Crippen LogP) is 5.51. The highest BCUT2D eigenvalue weighted by Crippen LogP contribution is 2.26. The van der Waals surface area contributed by atoms with E-state index >= 15 is 0 Å². The zero-order chi connectivity index (χ0) is 17.9. The fourth-order valence-corrected chi connectivity index (χ4v) is 2.89. The minimum Gasteiger partial charge on any atom is -0.398 e. The molecular formula is C22H27N2O+. The van der Waals surface area contributed by atoms with Gasteiger partial charge in [0.05, 0.1) is 6.08 Å². The molecule has 1 N–H and O–H groups in total. The van der Waals surface area contributed by atoms with Gasteiger partial charge in [0.15, 0.2) is 6.54 Å². The van der Waals surface area contributed by atoms with Crippen LogP contribution in [0.15, 0.2) is 59.1 Å². The summed E-state index contributed by atoms with van der Waals surface area (Å²) in [6.07, 6.45) is 5.00. The summed E-state index contributed by atoms with van der Waals surface area (Å²) in [7, 11) is 0. The first kappa shape index (κ1) is 17.3. The van der Waals surface area contributed by atoms with Gasteiger partial charge < -0.3 is 9.73 Å². The first-order chi connectivity index (χ1) is 12.0. The molecule has 0 spiro atoms. The third kappa shape index (κ3) is 3.93. The molecule has 3 heteroatoms. The average molecular weight is 335 g/mol. The van der Waals surface area contributed by atoms with E-state index in [0.29, 0.717) is 0 Å². The molecule has 0 radical (unpaired) electrons. The van der Waals surface area contributed by atoms with Crippen molar-refractivity contribution in [3.05, 3.63) is 66.2 Å². The van der Waals surface area contributed by atoms with Crippen LogP contribution in [0.25, 0.3) is 17.2 Å². The second-order valence-corrected chi connectivity index (χ2v) is 7.37. The molecule has 1 aromatic heterocycles. The quantitative estimate of drug-likeness (QED) is 0.623. The summed E-state index contributed by atoms with van der Waals surface area (Å²) in [5, 5.41) is 3.29. The molecular weight excluding hydrogens is 308 g/mol. The van der Waals surface area contributed by atoms with Crippen LogP contribution in [0, 0.1) is 0 Å². The largest absolute Gasteiger partial charge is 0.398 e. The first-order valence-electron chi connectivity index (χ1n) is 8.94. The van der Waals surface area contributed by atoms with Crippen LogP contribution in [-0.4, -0.2) is 0 Å². The maximum Gasteiger partial charge on any atom is 0.375 e. The molecule has 1 heterocycles. The molecule has 25 heavy (non-hydrogen) atoms. The summed E-state index contributed by atoms with van der Waals surface area (Å²) in [6.45, 7) is 9.84. The molecule has 0 unspecified atom stereocenters. The molecule has 3 aromatic rings. The van der Waals surface area contributed by atoms with E-state index in [2.05, 4.69) is 55.8 Å². The van der Waals surface area contributed by atoms with Crippen molar-refractivity contribution in [2.45, 2.75) is 46.1 Å². The molecule has 130 valence electrons.